The molecule has 98 valence electrons. The lowest BCUT2D eigenvalue weighted by Gasteiger charge is -2.19. The molecule has 0 aliphatic heterocycles. The van der Waals surface area contributed by atoms with Crippen LogP contribution in [0.3, 0.4) is 0 Å². The van der Waals surface area contributed by atoms with Crippen molar-refractivity contribution in [2.45, 2.75) is 6.54 Å². The molecule has 0 aliphatic rings. The smallest absolute Gasteiger partial charge is 0.0534 e. The molecule has 0 bridgehead atoms. The molecular weight excluding hydrogens is 214 g/mol. The van der Waals surface area contributed by atoms with Crippen LogP contribution in [0.25, 0.3) is 0 Å². The number of hydrogen-bond donors (Lipinski definition) is 1. The fourth-order valence-electron chi connectivity index (χ4n) is 1.55. The lowest BCUT2D eigenvalue weighted by Crippen LogP contribution is -2.33. The van der Waals surface area contributed by atoms with Crippen molar-refractivity contribution in [2.24, 2.45) is 7.05 Å². The maximum absolute atomic E-state index is 4.14. The summed E-state index contributed by atoms with van der Waals surface area (Å²) in [6.07, 6.45) is 3.95. The maximum atomic E-state index is 4.14. The van der Waals surface area contributed by atoms with Gasteiger partial charge in [0.2, 0.25) is 0 Å². The Hall–Kier alpha value is -0.910. The standard InChI is InChI=1S/C12H25N5/c1-15(2)7-8-16(3)6-5-13-9-12-10-14-17(4)11-12/h10-11,13H,5-9H2,1-4H3. The number of likely N-dealkylation sites (N-methyl/N-ethyl adjacent to an activating group) is 2. The predicted molar refractivity (Wildman–Crippen MR) is 71.0 cm³/mol. The fourth-order valence-corrected chi connectivity index (χ4v) is 1.55. The van der Waals surface area contributed by atoms with E-state index >= 15 is 0 Å². The lowest BCUT2D eigenvalue weighted by molar-refractivity contribution is 0.281. The van der Waals surface area contributed by atoms with E-state index in [2.05, 4.69) is 41.4 Å². The van der Waals surface area contributed by atoms with Gasteiger partial charge in [0, 0.05) is 51.5 Å². The van der Waals surface area contributed by atoms with Gasteiger partial charge in [-0.05, 0) is 21.1 Å². The van der Waals surface area contributed by atoms with Crippen molar-refractivity contribution in [3.8, 4) is 0 Å². The Kier molecular flexibility index (Phi) is 6.18. The largest absolute Gasteiger partial charge is 0.311 e. The number of aromatic nitrogens is 2. The molecular formula is C12H25N5. The minimum atomic E-state index is 0.898. The van der Waals surface area contributed by atoms with Crippen LogP contribution >= 0.6 is 0 Å². The summed E-state index contributed by atoms with van der Waals surface area (Å²) in [5.41, 5.74) is 1.24. The van der Waals surface area contributed by atoms with E-state index in [1.807, 2.05) is 24.1 Å². The van der Waals surface area contributed by atoms with Crippen LogP contribution in [-0.2, 0) is 13.6 Å². The monoisotopic (exact) mass is 239 g/mol. The Balaban J connectivity index is 2.03. The number of nitrogens with zero attached hydrogens (tertiary/aromatic N) is 4. The van der Waals surface area contributed by atoms with Crippen molar-refractivity contribution in [2.75, 3.05) is 47.3 Å². The molecule has 5 heteroatoms. The molecule has 1 N–H and O–H groups in total. The molecule has 0 unspecified atom stereocenters. The normalized spacial score (nSPS) is 11.6. The molecule has 1 heterocycles. The molecule has 1 aromatic rings. The van der Waals surface area contributed by atoms with E-state index in [-0.39, 0.29) is 0 Å². The first-order valence-corrected chi connectivity index (χ1v) is 6.09. The second-order valence-corrected chi connectivity index (χ2v) is 4.81. The molecule has 0 radical (unpaired) electrons. The topological polar surface area (TPSA) is 36.3 Å². The predicted octanol–water partition coefficient (Wildman–Crippen LogP) is 0.00310. The van der Waals surface area contributed by atoms with Gasteiger partial charge in [-0.3, -0.25) is 4.68 Å². The summed E-state index contributed by atoms with van der Waals surface area (Å²) in [7, 11) is 8.32. The average molecular weight is 239 g/mol. The van der Waals surface area contributed by atoms with Crippen LogP contribution in [0.15, 0.2) is 12.4 Å². The Morgan fingerprint density at radius 3 is 2.59 bits per heavy atom. The van der Waals surface area contributed by atoms with Crippen LogP contribution in [0, 0.1) is 0 Å². The van der Waals surface area contributed by atoms with Crippen LogP contribution in [0.2, 0.25) is 0 Å². The van der Waals surface area contributed by atoms with Gasteiger partial charge in [0.15, 0.2) is 0 Å². The highest BCUT2D eigenvalue weighted by molar-refractivity contribution is 5.02. The Morgan fingerprint density at radius 1 is 1.24 bits per heavy atom. The van der Waals surface area contributed by atoms with Gasteiger partial charge in [-0.15, -0.1) is 0 Å². The molecule has 17 heavy (non-hydrogen) atoms. The number of rotatable bonds is 8. The van der Waals surface area contributed by atoms with Gasteiger partial charge in [-0.2, -0.15) is 5.10 Å². The van der Waals surface area contributed by atoms with Crippen LogP contribution < -0.4 is 5.32 Å². The molecule has 0 spiro atoms. The van der Waals surface area contributed by atoms with Gasteiger partial charge in [-0.1, -0.05) is 0 Å². The van der Waals surface area contributed by atoms with Crippen molar-refractivity contribution in [3.63, 3.8) is 0 Å². The van der Waals surface area contributed by atoms with Gasteiger partial charge in [0.25, 0.3) is 0 Å². The van der Waals surface area contributed by atoms with Crippen molar-refractivity contribution in [1.82, 2.24) is 24.9 Å². The van der Waals surface area contributed by atoms with Crippen LogP contribution in [0.1, 0.15) is 5.56 Å². The molecule has 0 aromatic carbocycles. The average Bonchev–Trinajstić information content (AvgIpc) is 2.68. The molecule has 0 saturated heterocycles. The first kappa shape index (κ1) is 14.2. The van der Waals surface area contributed by atoms with Gasteiger partial charge in [-0.25, -0.2) is 0 Å². The Morgan fingerprint density at radius 2 is 2.00 bits per heavy atom. The summed E-state index contributed by atoms with van der Waals surface area (Å²) in [5, 5.41) is 7.56. The zero-order chi connectivity index (χ0) is 12.7. The molecule has 0 atom stereocenters. The van der Waals surface area contributed by atoms with Gasteiger partial charge >= 0.3 is 0 Å². The zero-order valence-corrected chi connectivity index (χ0v) is 11.5. The molecule has 0 fully saturated rings. The second kappa shape index (κ2) is 7.42. The SMILES string of the molecule is CN(C)CCN(C)CCNCc1cnn(C)c1. The third-order valence-electron chi connectivity index (χ3n) is 2.69. The zero-order valence-electron chi connectivity index (χ0n) is 11.5. The molecule has 0 saturated carbocycles. The van der Waals surface area contributed by atoms with Crippen LogP contribution in [0.5, 0.6) is 0 Å². The minimum Gasteiger partial charge on any atom is -0.311 e. The van der Waals surface area contributed by atoms with Crippen molar-refractivity contribution < 1.29 is 0 Å². The van der Waals surface area contributed by atoms with E-state index < -0.39 is 0 Å². The van der Waals surface area contributed by atoms with E-state index in [9.17, 15) is 0 Å². The summed E-state index contributed by atoms with van der Waals surface area (Å²) in [6, 6.07) is 0. The number of nitrogens with one attached hydrogen (secondary N) is 1. The third kappa shape index (κ3) is 6.41. The first-order valence-electron chi connectivity index (χ1n) is 6.09. The van der Waals surface area contributed by atoms with Gasteiger partial charge in [0.1, 0.15) is 0 Å². The molecule has 1 aromatic heterocycles. The van der Waals surface area contributed by atoms with Crippen molar-refractivity contribution in [1.29, 1.82) is 0 Å². The Labute approximate surface area is 104 Å². The summed E-state index contributed by atoms with van der Waals surface area (Å²) < 4.78 is 1.83. The summed E-state index contributed by atoms with van der Waals surface area (Å²) in [5.74, 6) is 0. The van der Waals surface area contributed by atoms with E-state index in [1.54, 1.807) is 0 Å². The first-order chi connectivity index (χ1) is 8.08. The highest BCUT2D eigenvalue weighted by Gasteiger charge is 1.99. The van der Waals surface area contributed by atoms with Crippen molar-refractivity contribution >= 4 is 0 Å². The van der Waals surface area contributed by atoms with Gasteiger partial charge < -0.3 is 15.1 Å². The molecule has 5 nitrogen and oxygen atoms in total. The summed E-state index contributed by atoms with van der Waals surface area (Å²) in [6.45, 7) is 5.21. The number of hydrogen-bond acceptors (Lipinski definition) is 4. The lowest BCUT2D eigenvalue weighted by atomic mass is 10.3. The van der Waals surface area contributed by atoms with E-state index in [0.717, 1.165) is 32.7 Å². The summed E-state index contributed by atoms with van der Waals surface area (Å²) in [4.78, 5) is 4.55. The quantitative estimate of drug-likeness (QED) is 0.648. The second-order valence-electron chi connectivity index (χ2n) is 4.81. The van der Waals surface area contributed by atoms with Gasteiger partial charge in [0.05, 0.1) is 6.20 Å². The third-order valence-corrected chi connectivity index (χ3v) is 2.69. The highest BCUT2D eigenvalue weighted by Crippen LogP contribution is 1.94. The van der Waals surface area contributed by atoms with Crippen LogP contribution in [-0.4, -0.2) is 66.9 Å². The van der Waals surface area contributed by atoms with E-state index in [4.69, 9.17) is 0 Å². The van der Waals surface area contributed by atoms with Crippen LogP contribution in [0.4, 0.5) is 0 Å². The number of aryl methyl sites for hydroxylation is 1. The molecule has 0 aliphatic carbocycles. The minimum absolute atomic E-state index is 0.898. The van der Waals surface area contributed by atoms with E-state index in [1.165, 1.54) is 5.56 Å². The van der Waals surface area contributed by atoms with Crippen molar-refractivity contribution in [3.05, 3.63) is 18.0 Å². The fraction of sp³-hybridized carbons (Fsp3) is 0.750. The summed E-state index contributed by atoms with van der Waals surface area (Å²) >= 11 is 0. The Bertz CT molecular complexity index is 308. The molecule has 1 rings (SSSR count). The van der Waals surface area contributed by atoms with E-state index in [0.29, 0.717) is 0 Å². The molecule has 0 amide bonds. The maximum Gasteiger partial charge on any atom is 0.0534 e. The highest BCUT2D eigenvalue weighted by atomic mass is 15.2.